The van der Waals surface area contributed by atoms with Crippen LogP contribution in [-0.4, -0.2) is 34.7 Å². The molecule has 3 rings (SSSR count). The fourth-order valence-electron chi connectivity index (χ4n) is 2.61. The molecule has 1 heterocycles. The van der Waals surface area contributed by atoms with Crippen LogP contribution < -0.4 is 9.64 Å². The maximum atomic E-state index is 12.9. The van der Waals surface area contributed by atoms with Crippen LogP contribution >= 0.6 is 34.8 Å². The number of carbonyl (C=O) groups excluding carboxylic acids is 1. The molecule has 1 aliphatic heterocycles. The van der Waals surface area contributed by atoms with Crippen LogP contribution in [0.3, 0.4) is 0 Å². The summed E-state index contributed by atoms with van der Waals surface area (Å²) in [6.07, 6.45) is 1.77. The van der Waals surface area contributed by atoms with Crippen LogP contribution in [0, 0.1) is 3.57 Å². The molecule has 7 heteroatoms. The van der Waals surface area contributed by atoms with Gasteiger partial charge in [-0.3, -0.25) is 9.69 Å². The predicted molar refractivity (Wildman–Crippen MR) is 114 cm³/mol. The molecule has 0 bridgehead atoms. The van der Waals surface area contributed by atoms with E-state index in [-0.39, 0.29) is 11.7 Å². The number of nitrogens with zero attached hydrogens (tertiary/aromatic N) is 2. The minimum atomic E-state index is -0.190. The molecular weight excluding hydrogens is 463 g/mol. The van der Waals surface area contributed by atoms with Crippen molar-refractivity contribution in [1.82, 2.24) is 4.90 Å². The molecule has 0 aromatic heterocycles. The number of thiocarbonyl (C=S) groups is 1. The van der Waals surface area contributed by atoms with Crippen molar-refractivity contribution < 1.29 is 14.6 Å². The Labute approximate surface area is 171 Å². The normalized spacial score (nSPS) is 15.9. The molecule has 1 amide bonds. The first-order chi connectivity index (χ1) is 12.4. The van der Waals surface area contributed by atoms with Gasteiger partial charge >= 0.3 is 0 Å². The van der Waals surface area contributed by atoms with Gasteiger partial charge in [0.1, 0.15) is 17.2 Å². The van der Waals surface area contributed by atoms with Crippen LogP contribution in [0.2, 0.25) is 0 Å². The highest BCUT2D eigenvalue weighted by molar-refractivity contribution is 14.1. The summed E-state index contributed by atoms with van der Waals surface area (Å²) in [5.74, 6) is 0.770. The number of aromatic hydroxyl groups is 1. The lowest BCUT2D eigenvalue weighted by Gasteiger charge is -2.16. The van der Waals surface area contributed by atoms with E-state index in [1.807, 2.05) is 59.8 Å². The summed E-state index contributed by atoms with van der Waals surface area (Å²) in [7, 11) is 1.77. The number of likely N-dealkylation sites (N-methyl/N-ethyl adjacent to an activating group) is 1. The summed E-state index contributed by atoms with van der Waals surface area (Å²) in [5, 5.41) is 10.1. The molecule has 5 nitrogen and oxygen atoms in total. The molecule has 1 N–H and O–H groups in total. The Morgan fingerprint density at radius 3 is 2.54 bits per heavy atom. The molecule has 0 atom stereocenters. The second-order valence-corrected chi connectivity index (χ2v) is 7.18. The molecule has 0 radical (unpaired) electrons. The molecule has 26 heavy (non-hydrogen) atoms. The van der Waals surface area contributed by atoms with Crippen molar-refractivity contribution in [3.05, 3.63) is 57.3 Å². The smallest absolute Gasteiger partial charge is 0.281 e. The van der Waals surface area contributed by atoms with E-state index in [1.165, 1.54) is 4.90 Å². The third-order valence-corrected chi connectivity index (χ3v) is 5.26. The van der Waals surface area contributed by atoms with Gasteiger partial charge in [0, 0.05) is 7.05 Å². The van der Waals surface area contributed by atoms with Gasteiger partial charge in [0.25, 0.3) is 5.91 Å². The lowest BCUT2D eigenvalue weighted by Crippen LogP contribution is -2.31. The Balaban J connectivity index is 1.93. The number of amides is 1. The topological polar surface area (TPSA) is 53.0 Å². The van der Waals surface area contributed by atoms with Crippen molar-refractivity contribution in [1.29, 1.82) is 0 Å². The van der Waals surface area contributed by atoms with E-state index in [2.05, 4.69) is 0 Å². The first-order valence-corrected chi connectivity index (χ1v) is 9.46. The van der Waals surface area contributed by atoms with Gasteiger partial charge in [-0.05, 0) is 89.8 Å². The number of phenols is 1. The van der Waals surface area contributed by atoms with Gasteiger partial charge in [-0.1, -0.05) is 6.07 Å². The van der Waals surface area contributed by atoms with Gasteiger partial charge in [0.05, 0.1) is 15.9 Å². The summed E-state index contributed by atoms with van der Waals surface area (Å²) in [5.41, 5.74) is 1.99. The van der Waals surface area contributed by atoms with Crippen LogP contribution in [0.1, 0.15) is 12.5 Å². The molecule has 1 fully saturated rings. The molecule has 1 aliphatic rings. The molecule has 1 saturated heterocycles. The van der Waals surface area contributed by atoms with Crippen molar-refractivity contribution in [3.8, 4) is 11.5 Å². The molecule has 0 unspecified atom stereocenters. The van der Waals surface area contributed by atoms with Gasteiger partial charge in [0.2, 0.25) is 0 Å². The Morgan fingerprint density at radius 1 is 1.23 bits per heavy atom. The zero-order chi connectivity index (χ0) is 18.8. The quantitative estimate of drug-likeness (QED) is 0.408. The van der Waals surface area contributed by atoms with Crippen LogP contribution in [0.5, 0.6) is 11.5 Å². The molecule has 2 aromatic rings. The van der Waals surface area contributed by atoms with Gasteiger partial charge < -0.3 is 14.7 Å². The summed E-state index contributed by atoms with van der Waals surface area (Å²) in [6, 6.07) is 12.4. The predicted octanol–water partition coefficient (Wildman–Crippen LogP) is 4.00. The average molecular weight is 480 g/mol. The average Bonchev–Trinajstić information content (AvgIpc) is 2.83. The minimum absolute atomic E-state index is 0.190. The van der Waals surface area contributed by atoms with E-state index in [0.717, 1.165) is 14.9 Å². The molecule has 134 valence electrons. The maximum Gasteiger partial charge on any atom is 0.281 e. The van der Waals surface area contributed by atoms with Crippen molar-refractivity contribution in [3.63, 3.8) is 0 Å². The standard InChI is InChI=1S/C19H17IN2O3S/c1-3-25-14-7-5-13(6-8-14)22-18(24)16(21(2)19(22)26)11-12-4-9-17(23)15(20)10-12/h4-11,23H,3H2,1-2H3/b16-11-. The first kappa shape index (κ1) is 18.7. The summed E-state index contributed by atoms with van der Waals surface area (Å²) >= 11 is 7.51. The summed E-state index contributed by atoms with van der Waals surface area (Å²) < 4.78 is 6.16. The van der Waals surface area contributed by atoms with Crippen LogP contribution in [0.15, 0.2) is 48.2 Å². The van der Waals surface area contributed by atoms with Crippen molar-refractivity contribution in [2.45, 2.75) is 6.92 Å². The lowest BCUT2D eigenvalue weighted by molar-refractivity contribution is -0.114. The first-order valence-electron chi connectivity index (χ1n) is 7.97. The molecule has 0 saturated carbocycles. The third kappa shape index (κ3) is 3.54. The molecular formula is C19H17IN2O3S. The Kier molecular flexibility index (Phi) is 5.47. The summed E-state index contributed by atoms with van der Waals surface area (Å²) in [6.45, 7) is 2.50. The highest BCUT2D eigenvalue weighted by Gasteiger charge is 2.36. The fourth-order valence-corrected chi connectivity index (χ4v) is 3.44. The number of carbonyl (C=O) groups is 1. The fraction of sp³-hybridized carbons (Fsp3) is 0.158. The second kappa shape index (κ2) is 7.63. The number of benzene rings is 2. The second-order valence-electron chi connectivity index (χ2n) is 5.65. The Bertz CT molecular complexity index is 896. The number of hydrogen-bond acceptors (Lipinski definition) is 4. The van der Waals surface area contributed by atoms with E-state index >= 15 is 0 Å². The number of rotatable bonds is 4. The summed E-state index contributed by atoms with van der Waals surface area (Å²) in [4.78, 5) is 16.1. The van der Waals surface area contributed by atoms with Gasteiger partial charge in [-0.25, -0.2) is 0 Å². The van der Waals surface area contributed by atoms with Crippen molar-refractivity contribution in [2.24, 2.45) is 0 Å². The molecule has 2 aromatic carbocycles. The zero-order valence-corrected chi connectivity index (χ0v) is 17.2. The Hall–Kier alpha value is -2.13. The number of ether oxygens (including phenoxy) is 1. The highest BCUT2D eigenvalue weighted by Crippen LogP contribution is 2.30. The van der Waals surface area contributed by atoms with Crippen LogP contribution in [-0.2, 0) is 4.79 Å². The highest BCUT2D eigenvalue weighted by atomic mass is 127. The maximum absolute atomic E-state index is 12.9. The number of halogens is 1. The van der Waals surface area contributed by atoms with Gasteiger partial charge in [-0.15, -0.1) is 0 Å². The van der Waals surface area contributed by atoms with E-state index in [4.69, 9.17) is 17.0 Å². The largest absolute Gasteiger partial charge is 0.507 e. The SMILES string of the molecule is CCOc1ccc(N2C(=O)/C(=C/c3ccc(O)c(I)c3)N(C)C2=S)cc1. The van der Waals surface area contributed by atoms with Crippen molar-refractivity contribution in [2.75, 3.05) is 18.6 Å². The van der Waals surface area contributed by atoms with Crippen molar-refractivity contribution >= 4 is 57.6 Å². The molecule has 0 aliphatic carbocycles. The van der Waals surface area contributed by atoms with Gasteiger partial charge in [0.15, 0.2) is 5.11 Å². The number of hydrogen-bond donors (Lipinski definition) is 1. The minimum Gasteiger partial charge on any atom is -0.507 e. The number of anilines is 1. The molecule has 0 spiro atoms. The number of phenolic OH excluding ortho intramolecular Hbond substituents is 1. The monoisotopic (exact) mass is 480 g/mol. The van der Waals surface area contributed by atoms with E-state index < -0.39 is 0 Å². The van der Waals surface area contributed by atoms with Crippen LogP contribution in [0.25, 0.3) is 6.08 Å². The Morgan fingerprint density at radius 2 is 1.92 bits per heavy atom. The zero-order valence-electron chi connectivity index (χ0n) is 14.3. The van der Waals surface area contributed by atoms with Crippen LogP contribution in [0.4, 0.5) is 5.69 Å². The van der Waals surface area contributed by atoms with Gasteiger partial charge in [-0.2, -0.15) is 0 Å². The van der Waals surface area contributed by atoms with E-state index in [9.17, 15) is 9.90 Å². The lowest BCUT2D eigenvalue weighted by atomic mass is 10.1. The van der Waals surface area contributed by atoms with E-state index in [1.54, 1.807) is 30.2 Å². The van der Waals surface area contributed by atoms with E-state index in [0.29, 0.717) is 23.1 Å². The third-order valence-electron chi connectivity index (χ3n) is 3.94.